The number of aryl methyl sites for hydroxylation is 1. The molecule has 23 heteroatoms. The molecule has 0 saturated carbocycles. The van der Waals surface area contributed by atoms with Gasteiger partial charge in [-0.3, -0.25) is 43.3 Å². The second-order valence-corrected chi connectivity index (χ2v) is 20.5. The zero-order valence-corrected chi connectivity index (χ0v) is 43.6. The molecule has 9 rings (SSSR count). The number of halogens is 1. The summed E-state index contributed by atoms with van der Waals surface area (Å²) in [6, 6.07) is 9.96. The van der Waals surface area contributed by atoms with Crippen molar-refractivity contribution in [1.29, 1.82) is 0 Å². The Labute approximate surface area is 447 Å². The van der Waals surface area contributed by atoms with Gasteiger partial charge in [-0.25, -0.2) is 19.0 Å². The van der Waals surface area contributed by atoms with E-state index in [2.05, 4.69) is 26.6 Å². The van der Waals surface area contributed by atoms with Crippen molar-refractivity contribution in [2.75, 3.05) is 39.3 Å². The van der Waals surface area contributed by atoms with Gasteiger partial charge in [0.05, 0.1) is 48.6 Å². The van der Waals surface area contributed by atoms with E-state index in [1.54, 1.807) is 54.8 Å². The van der Waals surface area contributed by atoms with E-state index in [0.717, 1.165) is 22.1 Å². The van der Waals surface area contributed by atoms with Crippen LogP contribution >= 0.6 is 0 Å². The molecule has 6 heterocycles. The Morgan fingerprint density at radius 1 is 0.846 bits per heavy atom. The first kappa shape index (κ1) is 54.7. The molecule has 78 heavy (non-hydrogen) atoms. The Hall–Kier alpha value is -8.08. The lowest BCUT2D eigenvalue weighted by molar-refractivity contribution is -0.173. The number of aromatic nitrogens is 2. The van der Waals surface area contributed by atoms with E-state index in [9.17, 15) is 47.9 Å². The molecule has 2 saturated heterocycles. The zero-order chi connectivity index (χ0) is 55.4. The first-order valence-electron chi connectivity index (χ1n) is 26.6. The molecule has 2 fully saturated rings. The fourth-order valence-electron chi connectivity index (χ4n) is 11.2. The molecule has 4 aliphatic heterocycles. The number of cyclic esters (lactones) is 1. The van der Waals surface area contributed by atoms with Crippen molar-refractivity contribution in [3.63, 3.8) is 0 Å². The minimum atomic E-state index is -1.99. The number of nitrogens with two attached hydrogens (primary N) is 1. The van der Waals surface area contributed by atoms with Crippen LogP contribution in [0, 0.1) is 12.7 Å². The highest BCUT2D eigenvalue weighted by atomic mass is 19.1. The number of pyridine rings is 2. The average Bonchev–Trinajstić information content (AvgIpc) is 4.18. The normalized spacial score (nSPS) is 18.8. The summed E-state index contributed by atoms with van der Waals surface area (Å²) in [6.45, 7) is 2.44. The lowest BCUT2D eigenvalue weighted by atomic mass is 9.82. The summed E-state index contributed by atoms with van der Waals surface area (Å²) in [6.07, 6.45) is 3.16. The number of likely N-dealkylation sites (tertiary alicyclic amines) is 2. The van der Waals surface area contributed by atoms with Crippen molar-refractivity contribution in [3.05, 3.63) is 97.6 Å². The Morgan fingerprint density at radius 2 is 1.55 bits per heavy atom. The van der Waals surface area contributed by atoms with Crippen LogP contribution in [0.2, 0.25) is 0 Å². The number of imide groups is 1. The molecule has 0 bridgehead atoms. The number of hydrogen-bond acceptors (Lipinski definition) is 14. The maximum absolute atomic E-state index is 15.2. The summed E-state index contributed by atoms with van der Waals surface area (Å²) < 4.78 is 28.4. The number of carbonyl (C=O) groups excluding carboxylic acids is 9. The second-order valence-electron chi connectivity index (χ2n) is 20.5. The Balaban J connectivity index is 0.755. The molecular weight excluding hydrogens is 1010 g/mol. The second kappa shape index (κ2) is 23.3. The van der Waals surface area contributed by atoms with Crippen LogP contribution < -0.4 is 37.9 Å². The lowest BCUT2D eigenvalue weighted by Crippen LogP contribution is -2.54. The summed E-state index contributed by atoms with van der Waals surface area (Å²) >= 11 is 0. The molecular formula is C55H63FN10O12. The van der Waals surface area contributed by atoms with Crippen LogP contribution in [0.4, 0.5) is 9.18 Å². The molecule has 3 atom stereocenters. The smallest absolute Gasteiger partial charge is 0.411 e. The molecule has 0 unspecified atom stereocenters. The standard InChI is InChI=1S/C55H63FN10O12/c1-3-55(36-23-41-50-34(28-66(41)52(74)35(36)29-77-53(55)75)48-38(57)14-13-33-30(2)37(56)24-39(63-50)49(33)48)78-54(76)64-20-17-32(18-21-64)61-44(69)27-60-51(73)40(22-31-10-6-4-7-11-31)62-45(70)26-59-43(68)25-58-42(67)12-8-5-9-19-65-46(71)15-16-47(65)72/h4,6-7,10-11,23-24,32,38,40H,3,5,8-9,12-22,25-29,57H2,1-2H3,(H,58,67)(H,59,68)(H,60,73)(H,61,69)(H,62,70)/t38-,40-,55-/m0/s1. The van der Waals surface area contributed by atoms with E-state index in [-0.39, 0.29) is 99.8 Å². The van der Waals surface area contributed by atoms with E-state index < -0.39 is 77.8 Å². The Bertz CT molecular complexity index is 3160. The molecule has 4 aromatic rings. The molecule has 1 aliphatic carbocycles. The van der Waals surface area contributed by atoms with Crippen LogP contribution in [0.15, 0.2) is 47.3 Å². The average molecular weight is 1080 g/mol. The summed E-state index contributed by atoms with van der Waals surface area (Å²) in [5, 5.41) is 13.8. The van der Waals surface area contributed by atoms with Gasteiger partial charge in [-0.15, -0.1) is 0 Å². The maximum Gasteiger partial charge on any atom is 0.411 e. The number of piperidine rings is 1. The maximum atomic E-state index is 15.2. The van der Waals surface area contributed by atoms with E-state index in [4.69, 9.17) is 20.2 Å². The number of unbranched alkanes of at least 4 members (excludes halogenated alkanes) is 2. The van der Waals surface area contributed by atoms with Crippen molar-refractivity contribution in [2.45, 2.75) is 128 Å². The Kier molecular flexibility index (Phi) is 16.3. The minimum absolute atomic E-state index is 0.0620. The van der Waals surface area contributed by atoms with Crippen molar-refractivity contribution in [2.24, 2.45) is 5.73 Å². The van der Waals surface area contributed by atoms with Crippen LogP contribution in [0.25, 0.3) is 22.3 Å². The van der Waals surface area contributed by atoms with Crippen LogP contribution in [-0.2, 0) is 79.4 Å². The van der Waals surface area contributed by atoms with Gasteiger partial charge in [-0.1, -0.05) is 43.7 Å². The highest BCUT2D eigenvalue weighted by Crippen LogP contribution is 2.46. The third kappa shape index (κ3) is 11.3. The molecule has 8 amide bonds. The predicted octanol–water partition coefficient (Wildman–Crippen LogP) is 1.98. The van der Waals surface area contributed by atoms with Crippen molar-refractivity contribution >= 4 is 64.3 Å². The highest BCUT2D eigenvalue weighted by molar-refractivity contribution is 6.02. The van der Waals surface area contributed by atoms with Crippen LogP contribution in [0.3, 0.4) is 0 Å². The van der Waals surface area contributed by atoms with Crippen molar-refractivity contribution < 1.29 is 57.0 Å². The molecule has 5 aliphatic rings. The van der Waals surface area contributed by atoms with Gasteiger partial charge in [0.1, 0.15) is 18.5 Å². The summed E-state index contributed by atoms with van der Waals surface area (Å²) in [5.41, 5.74) is 9.54. The topological polar surface area (TPSA) is 300 Å². The summed E-state index contributed by atoms with van der Waals surface area (Å²) in [5.74, 6) is -4.51. The third-order valence-corrected chi connectivity index (χ3v) is 15.5. The molecule has 22 nitrogen and oxygen atoms in total. The monoisotopic (exact) mass is 1070 g/mol. The number of fused-ring (bicyclic) bond motifs is 5. The first-order chi connectivity index (χ1) is 37.5. The number of ether oxygens (including phenoxy) is 2. The van der Waals surface area contributed by atoms with E-state index in [0.29, 0.717) is 79.5 Å². The van der Waals surface area contributed by atoms with Gasteiger partial charge in [0.15, 0.2) is 0 Å². The molecule has 2 aromatic heterocycles. The summed E-state index contributed by atoms with van der Waals surface area (Å²) in [7, 11) is 0. The van der Waals surface area contributed by atoms with Crippen LogP contribution in [0.5, 0.6) is 0 Å². The van der Waals surface area contributed by atoms with Gasteiger partial charge < -0.3 is 51.3 Å². The van der Waals surface area contributed by atoms with Gasteiger partial charge in [0.25, 0.3) is 5.56 Å². The Morgan fingerprint density at radius 3 is 2.28 bits per heavy atom. The lowest BCUT2D eigenvalue weighted by Gasteiger charge is -2.38. The molecule has 7 N–H and O–H groups in total. The molecule has 0 spiro atoms. The number of nitrogens with one attached hydrogen (secondary N) is 5. The van der Waals surface area contributed by atoms with Gasteiger partial charge in [0, 0.05) is 80.0 Å². The van der Waals surface area contributed by atoms with E-state index in [1.807, 2.05) is 0 Å². The number of benzene rings is 2. The van der Waals surface area contributed by atoms with Gasteiger partial charge in [0.2, 0.25) is 47.0 Å². The number of rotatable bonds is 19. The predicted molar refractivity (Wildman–Crippen MR) is 277 cm³/mol. The SMILES string of the molecule is CC[C@@]1(OC(=O)N2CCC(NC(=O)CNC(=O)[C@H](Cc3ccccc3)NC(=O)CNC(=O)CNC(=O)CCCCCN3C(=O)CCC3=O)CC2)C(=O)OCc2c1cc1n(c2=O)Cc2c-1nc1cc(F)c(C)c3c1c2[C@@H](N)CC3. The number of amides is 8. The fourth-order valence-corrected chi connectivity index (χ4v) is 11.2. The van der Waals surface area contributed by atoms with Crippen LogP contribution in [-0.4, -0.2) is 124 Å². The highest BCUT2D eigenvalue weighted by Gasteiger charge is 2.51. The van der Waals surface area contributed by atoms with E-state index >= 15 is 4.39 Å². The first-order valence-corrected chi connectivity index (χ1v) is 26.6. The number of hydrogen-bond donors (Lipinski definition) is 6. The molecule has 2 aromatic carbocycles. The number of esters is 1. The van der Waals surface area contributed by atoms with Crippen molar-refractivity contribution in [1.82, 2.24) is 45.9 Å². The molecule has 0 radical (unpaired) electrons. The largest absolute Gasteiger partial charge is 0.457 e. The number of nitrogens with zero attached hydrogens (tertiary/aromatic N) is 4. The van der Waals surface area contributed by atoms with Crippen LogP contribution in [0.1, 0.15) is 116 Å². The fraction of sp³-hybridized carbons (Fsp3) is 0.473. The zero-order valence-electron chi connectivity index (χ0n) is 43.6. The van der Waals surface area contributed by atoms with Crippen molar-refractivity contribution in [3.8, 4) is 11.4 Å². The summed E-state index contributed by atoms with van der Waals surface area (Å²) in [4.78, 5) is 138. The van der Waals surface area contributed by atoms with Gasteiger partial charge in [-0.2, -0.15) is 0 Å². The van der Waals surface area contributed by atoms with Gasteiger partial charge >= 0.3 is 12.1 Å². The molecule has 412 valence electrons. The van der Waals surface area contributed by atoms with Gasteiger partial charge in [-0.05, 0) is 80.2 Å². The minimum Gasteiger partial charge on any atom is -0.457 e. The van der Waals surface area contributed by atoms with E-state index in [1.165, 1.54) is 15.9 Å². The number of carbonyl (C=O) groups is 9. The third-order valence-electron chi connectivity index (χ3n) is 15.5. The quantitative estimate of drug-likeness (QED) is 0.0392.